The van der Waals surface area contributed by atoms with Gasteiger partial charge >= 0.3 is 5.97 Å². The van der Waals surface area contributed by atoms with E-state index in [2.05, 4.69) is 10.2 Å². The lowest BCUT2D eigenvalue weighted by atomic mass is 10.3. The SMILES string of the molecule is O=C(COc1ccc(Cl)c(Cl)c1)Oc1ccn[nH]1. The molecule has 1 N–H and O–H groups in total. The standard InChI is InChI=1S/C11H8Cl2N2O3/c12-8-2-1-7(5-9(8)13)17-6-11(16)18-10-3-4-14-15-10/h1-5H,6H2,(H,14,15). The molecule has 0 spiro atoms. The maximum absolute atomic E-state index is 11.4. The topological polar surface area (TPSA) is 64.2 Å². The molecule has 0 aliphatic rings. The Morgan fingerprint density at radius 2 is 2.11 bits per heavy atom. The monoisotopic (exact) mass is 286 g/mol. The first kappa shape index (κ1) is 12.7. The lowest BCUT2D eigenvalue weighted by Gasteiger charge is -2.06. The van der Waals surface area contributed by atoms with Crippen molar-refractivity contribution in [1.82, 2.24) is 10.2 Å². The highest BCUT2D eigenvalue weighted by molar-refractivity contribution is 6.42. The van der Waals surface area contributed by atoms with Crippen molar-refractivity contribution >= 4 is 29.2 Å². The Bertz CT molecular complexity index is 543. The lowest BCUT2D eigenvalue weighted by Crippen LogP contribution is -2.17. The van der Waals surface area contributed by atoms with E-state index in [1.165, 1.54) is 18.3 Å². The number of rotatable bonds is 4. The minimum Gasteiger partial charge on any atom is -0.482 e. The molecule has 2 aromatic rings. The van der Waals surface area contributed by atoms with Crippen molar-refractivity contribution in [2.75, 3.05) is 6.61 Å². The summed E-state index contributed by atoms with van der Waals surface area (Å²) in [4.78, 5) is 11.4. The second-order valence-corrected chi connectivity index (χ2v) is 4.07. The zero-order chi connectivity index (χ0) is 13.0. The Hall–Kier alpha value is -1.72. The van der Waals surface area contributed by atoms with Crippen LogP contribution in [0, 0.1) is 0 Å². The Labute approximate surface area is 113 Å². The molecule has 0 aliphatic carbocycles. The van der Waals surface area contributed by atoms with Gasteiger partial charge in [-0.2, -0.15) is 5.10 Å². The summed E-state index contributed by atoms with van der Waals surface area (Å²) in [6.07, 6.45) is 1.47. The molecular weight excluding hydrogens is 279 g/mol. The number of nitrogens with zero attached hydrogens (tertiary/aromatic N) is 1. The first-order chi connectivity index (χ1) is 8.65. The maximum atomic E-state index is 11.4. The van der Waals surface area contributed by atoms with Crippen molar-refractivity contribution in [2.24, 2.45) is 0 Å². The highest BCUT2D eigenvalue weighted by Crippen LogP contribution is 2.26. The van der Waals surface area contributed by atoms with Gasteiger partial charge in [-0.3, -0.25) is 0 Å². The smallest absolute Gasteiger partial charge is 0.350 e. The molecule has 0 unspecified atom stereocenters. The molecular formula is C11H8Cl2N2O3. The third-order valence-corrected chi connectivity index (χ3v) is 2.69. The quantitative estimate of drug-likeness (QED) is 0.878. The molecule has 1 aromatic carbocycles. The van der Waals surface area contributed by atoms with Gasteiger partial charge in [-0.25, -0.2) is 9.89 Å². The Morgan fingerprint density at radius 1 is 1.28 bits per heavy atom. The van der Waals surface area contributed by atoms with Crippen molar-refractivity contribution in [2.45, 2.75) is 0 Å². The summed E-state index contributed by atoms with van der Waals surface area (Å²) < 4.78 is 10.1. The molecule has 7 heteroatoms. The van der Waals surface area contributed by atoms with Crippen LogP contribution in [0.3, 0.4) is 0 Å². The van der Waals surface area contributed by atoms with Crippen LogP contribution in [0.25, 0.3) is 0 Å². The van der Waals surface area contributed by atoms with E-state index in [1.54, 1.807) is 12.1 Å². The van der Waals surface area contributed by atoms with Gasteiger partial charge in [0, 0.05) is 12.1 Å². The first-order valence-electron chi connectivity index (χ1n) is 4.93. The summed E-state index contributed by atoms with van der Waals surface area (Å²) >= 11 is 11.6. The van der Waals surface area contributed by atoms with Crippen LogP contribution in [0.1, 0.15) is 0 Å². The van der Waals surface area contributed by atoms with E-state index < -0.39 is 5.97 Å². The van der Waals surface area contributed by atoms with Crippen LogP contribution in [0.15, 0.2) is 30.5 Å². The van der Waals surface area contributed by atoms with Gasteiger partial charge in [-0.15, -0.1) is 0 Å². The van der Waals surface area contributed by atoms with Crippen LogP contribution in [0.2, 0.25) is 10.0 Å². The summed E-state index contributed by atoms with van der Waals surface area (Å²) in [6, 6.07) is 6.24. The second-order valence-electron chi connectivity index (χ2n) is 3.26. The Kier molecular flexibility index (Phi) is 4.07. The summed E-state index contributed by atoms with van der Waals surface area (Å²) in [5.74, 6) is 0.147. The minimum absolute atomic E-state index is 0.239. The number of carbonyl (C=O) groups is 1. The fourth-order valence-corrected chi connectivity index (χ4v) is 1.45. The van der Waals surface area contributed by atoms with E-state index in [0.717, 1.165) is 0 Å². The third kappa shape index (κ3) is 3.38. The third-order valence-electron chi connectivity index (χ3n) is 1.95. The van der Waals surface area contributed by atoms with E-state index in [4.69, 9.17) is 32.7 Å². The Balaban J connectivity index is 1.87. The van der Waals surface area contributed by atoms with Crippen molar-refractivity contribution in [3.63, 3.8) is 0 Å². The summed E-state index contributed by atoms with van der Waals surface area (Å²) in [5.41, 5.74) is 0. The minimum atomic E-state index is -0.551. The number of carbonyl (C=O) groups excluding carboxylic acids is 1. The van der Waals surface area contributed by atoms with Crippen LogP contribution in [-0.4, -0.2) is 22.8 Å². The number of halogens is 2. The average Bonchev–Trinajstić information content (AvgIpc) is 2.83. The van der Waals surface area contributed by atoms with Crippen molar-refractivity contribution in [1.29, 1.82) is 0 Å². The predicted molar refractivity (Wildman–Crippen MR) is 66.2 cm³/mol. The van der Waals surface area contributed by atoms with Crippen LogP contribution in [0.5, 0.6) is 11.6 Å². The van der Waals surface area contributed by atoms with Crippen molar-refractivity contribution < 1.29 is 14.3 Å². The van der Waals surface area contributed by atoms with Gasteiger partial charge in [0.15, 0.2) is 6.61 Å². The number of benzene rings is 1. The number of hydrogen-bond donors (Lipinski definition) is 1. The molecule has 0 amide bonds. The van der Waals surface area contributed by atoms with Crippen LogP contribution in [-0.2, 0) is 4.79 Å². The fraction of sp³-hybridized carbons (Fsp3) is 0.0909. The molecule has 0 saturated heterocycles. The molecule has 0 bridgehead atoms. The molecule has 0 atom stereocenters. The van der Waals surface area contributed by atoms with Crippen molar-refractivity contribution in [3.05, 3.63) is 40.5 Å². The first-order valence-corrected chi connectivity index (χ1v) is 5.68. The largest absolute Gasteiger partial charge is 0.482 e. The van der Waals surface area contributed by atoms with Gasteiger partial charge in [-0.1, -0.05) is 23.2 Å². The summed E-state index contributed by atoms with van der Waals surface area (Å²) in [5, 5.41) is 6.91. The van der Waals surface area contributed by atoms with Crippen LogP contribution >= 0.6 is 23.2 Å². The number of aromatic nitrogens is 2. The van der Waals surface area contributed by atoms with Gasteiger partial charge in [0.1, 0.15) is 5.75 Å². The molecule has 0 saturated carbocycles. The zero-order valence-electron chi connectivity index (χ0n) is 9.02. The van der Waals surface area contributed by atoms with Gasteiger partial charge in [0.2, 0.25) is 5.88 Å². The summed E-state index contributed by atoms with van der Waals surface area (Å²) in [7, 11) is 0. The normalized spacial score (nSPS) is 10.1. The van der Waals surface area contributed by atoms with Gasteiger partial charge < -0.3 is 9.47 Å². The molecule has 5 nitrogen and oxygen atoms in total. The van der Waals surface area contributed by atoms with Gasteiger partial charge in [0.25, 0.3) is 0 Å². The van der Waals surface area contributed by atoms with Crippen LogP contribution in [0.4, 0.5) is 0 Å². The van der Waals surface area contributed by atoms with E-state index in [0.29, 0.717) is 15.8 Å². The fourth-order valence-electron chi connectivity index (χ4n) is 1.16. The molecule has 18 heavy (non-hydrogen) atoms. The van der Waals surface area contributed by atoms with Gasteiger partial charge in [0.05, 0.1) is 16.2 Å². The van der Waals surface area contributed by atoms with Crippen molar-refractivity contribution in [3.8, 4) is 11.6 Å². The van der Waals surface area contributed by atoms with E-state index in [1.807, 2.05) is 0 Å². The molecule has 94 valence electrons. The molecule has 1 aromatic heterocycles. The van der Waals surface area contributed by atoms with E-state index in [-0.39, 0.29) is 12.5 Å². The number of aromatic amines is 1. The van der Waals surface area contributed by atoms with E-state index in [9.17, 15) is 4.79 Å². The van der Waals surface area contributed by atoms with E-state index >= 15 is 0 Å². The number of nitrogens with one attached hydrogen (secondary N) is 1. The molecule has 2 rings (SSSR count). The molecule has 0 fully saturated rings. The number of H-pyrrole nitrogens is 1. The number of hydrogen-bond acceptors (Lipinski definition) is 4. The van der Waals surface area contributed by atoms with Gasteiger partial charge in [-0.05, 0) is 12.1 Å². The Morgan fingerprint density at radius 3 is 2.78 bits per heavy atom. The lowest BCUT2D eigenvalue weighted by molar-refractivity contribution is -0.136. The second kappa shape index (κ2) is 5.75. The predicted octanol–water partition coefficient (Wildman–Crippen LogP) is 2.70. The molecule has 0 aliphatic heterocycles. The number of esters is 1. The molecule has 0 radical (unpaired) electrons. The van der Waals surface area contributed by atoms with Crippen LogP contribution < -0.4 is 9.47 Å². The highest BCUT2D eigenvalue weighted by atomic mass is 35.5. The average molecular weight is 287 g/mol. The highest BCUT2D eigenvalue weighted by Gasteiger charge is 2.07. The molecule has 1 heterocycles. The zero-order valence-corrected chi connectivity index (χ0v) is 10.5. The summed E-state index contributed by atoms with van der Waals surface area (Å²) in [6.45, 7) is -0.239. The number of ether oxygens (including phenoxy) is 2. The maximum Gasteiger partial charge on any atom is 0.350 e.